The van der Waals surface area contributed by atoms with Gasteiger partial charge >= 0.3 is 24.0 Å². The Hall–Kier alpha value is -5.34. The normalized spacial score (nSPS) is 25.9. The van der Waals surface area contributed by atoms with Crippen LogP contribution in [0.5, 0.6) is 0 Å². The number of azide groups is 2. The summed E-state index contributed by atoms with van der Waals surface area (Å²) in [5, 5.41) is 17.2. The van der Waals surface area contributed by atoms with Gasteiger partial charge in [-0.15, -0.1) is 0 Å². The van der Waals surface area contributed by atoms with Crippen molar-refractivity contribution in [2.24, 2.45) is 16.1 Å². The molecule has 1 aliphatic heterocycles. The van der Waals surface area contributed by atoms with E-state index in [9.17, 15) is 35.3 Å². The Morgan fingerprint density at radius 3 is 2.02 bits per heavy atom. The fourth-order valence-corrected chi connectivity index (χ4v) is 6.15. The minimum Gasteiger partial charge on any atom is -0.481 e. The molecule has 17 heteroatoms. The maximum absolute atomic E-state index is 13.4. The number of nitrogens with zero attached hydrogens (tertiary/aromatic N) is 7. The number of rotatable bonds is 14. The Kier molecular flexibility index (Phi) is 13.8. The average Bonchev–Trinajstić information content (AvgIpc) is 3.08. The van der Waals surface area contributed by atoms with Crippen molar-refractivity contribution in [3.8, 4) is 0 Å². The molecule has 2 aromatic rings. The van der Waals surface area contributed by atoms with Crippen molar-refractivity contribution in [2.75, 3.05) is 6.54 Å². The lowest BCUT2D eigenvalue weighted by atomic mass is 9.83. The molecule has 1 heterocycles. The summed E-state index contributed by atoms with van der Waals surface area (Å²) >= 11 is 0. The zero-order chi connectivity index (χ0) is 36.0. The van der Waals surface area contributed by atoms with Crippen LogP contribution in [0, 0.1) is 5.92 Å². The second-order valence-corrected chi connectivity index (χ2v) is 12.0. The molecule has 17 nitrogen and oxygen atoms in total. The monoisotopic (exact) mass is 693 g/mol. The number of amides is 1. The summed E-state index contributed by atoms with van der Waals surface area (Å²) in [5.41, 5.74) is 20.2. The molecule has 0 bridgehead atoms. The Bertz CT molecular complexity index is 1570. The van der Waals surface area contributed by atoms with Crippen molar-refractivity contribution >= 4 is 24.0 Å². The summed E-state index contributed by atoms with van der Waals surface area (Å²) in [6, 6.07) is 16.3. The zero-order valence-electron chi connectivity index (χ0n) is 27.6. The van der Waals surface area contributed by atoms with E-state index in [0.717, 1.165) is 25.0 Å². The van der Waals surface area contributed by atoms with Gasteiger partial charge in [-0.3, -0.25) is 14.4 Å². The van der Waals surface area contributed by atoms with E-state index in [-0.39, 0.29) is 32.5 Å². The third kappa shape index (κ3) is 10.8. The molecular weight excluding hydrogens is 654 g/mol. The fourth-order valence-electron chi connectivity index (χ4n) is 6.15. The second-order valence-electron chi connectivity index (χ2n) is 12.0. The third-order valence-electron chi connectivity index (χ3n) is 8.30. The van der Waals surface area contributed by atoms with Crippen molar-refractivity contribution < 1.29 is 48.0 Å². The molecule has 0 radical (unpaired) electrons. The highest BCUT2D eigenvalue weighted by molar-refractivity contribution is 5.68. The average molecular weight is 694 g/mol. The molecule has 1 amide bonds. The molecule has 50 heavy (non-hydrogen) atoms. The van der Waals surface area contributed by atoms with E-state index in [4.69, 9.17) is 23.7 Å². The van der Waals surface area contributed by atoms with E-state index in [1.807, 2.05) is 60.7 Å². The number of hydrogen-bond donors (Lipinski definition) is 1. The maximum Gasteiger partial charge on any atom is 0.410 e. The minimum atomic E-state index is -1.42. The van der Waals surface area contributed by atoms with Crippen molar-refractivity contribution in [3.05, 3.63) is 92.7 Å². The van der Waals surface area contributed by atoms with Crippen LogP contribution in [0.2, 0.25) is 0 Å². The molecule has 1 saturated heterocycles. The van der Waals surface area contributed by atoms with Crippen molar-refractivity contribution in [1.82, 2.24) is 4.90 Å². The highest BCUT2D eigenvalue weighted by Crippen LogP contribution is 2.37. The van der Waals surface area contributed by atoms with E-state index < -0.39 is 72.7 Å². The van der Waals surface area contributed by atoms with Crippen LogP contribution >= 0.6 is 0 Å². The Labute approximate surface area is 287 Å². The van der Waals surface area contributed by atoms with Crippen molar-refractivity contribution in [1.29, 1.82) is 0 Å². The van der Waals surface area contributed by atoms with Gasteiger partial charge in [0.25, 0.3) is 0 Å². The van der Waals surface area contributed by atoms with Crippen LogP contribution in [-0.2, 0) is 51.2 Å². The molecule has 0 unspecified atom stereocenters. The maximum atomic E-state index is 13.4. The highest BCUT2D eigenvalue weighted by atomic mass is 16.7. The molecule has 2 aliphatic rings. The van der Waals surface area contributed by atoms with E-state index in [0.29, 0.717) is 12.8 Å². The second kappa shape index (κ2) is 18.4. The van der Waals surface area contributed by atoms with Crippen LogP contribution in [0.15, 0.2) is 70.9 Å². The number of carbonyl (C=O) groups is 4. The predicted molar refractivity (Wildman–Crippen MR) is 174 cm³/mol. The summed E-state index contributed by atoms with van der Waals surface area (Å²) in [7, 11) is 0. The molecule has 8 atom stereocenters. The third-order valence-corrected chi connectivity index (χ3v) is 8.30. The number of hydrogen-bond acceptors (Lipinski definition) is 11. The molecule has 1 saturated carbocycles. The topological polar surface area (TPSA) is 235 Å². The summed E-state index contributed by atoms with van der Waals surface area (Å²) < 4.78 is 29.3. The van der Waals surface area contributed by atoms with E-state index in [1.165, 1.54) is 4.90 Å². The number of benzene rings is 2. The van der Waals surface area contributed by atoms with Gasteiger partial charge in [0.2, 0.25) is 0 Å². The van der Waals surface area contributed by atoms with Gasteiger partial charge in [0.15, 0.2) is 12.4 Å². The Morgan fingerprint density at radius 2 is 1.44 bits per heavy atom. The van der Waals surface area contributed by atoms with Crippen molar-refractivity contribution in [2.45, 2.75) is 95.5 Å². The first-order valence-electron chi connectivity index (χ1n) is 16.0. The standard InChI is InChI=1S/C33H39N7O10/c1-20(41)47-29-26(36-38-34)16-27(37-39-35)30(31(29)48-21(2)42)50-32-24(15-28(43)44)13-14-25(49-32)18-40(17-22-9-5-3-6-10-22)33(45)46-19-23-11-7-4-8-12-23/h3-12,24-27,29-32H,13-19H2,1-2H3,(H,43,44)/t24-,25+,26-,27+,29+,30-,31-,32-/m1/s1. The SMILES string of the molecule is CC(=O)O[C@@H]1[C@@H](OC(C)=O)[C@H](N=[N+]=[N-])C[C@H](N=[N+]=[N-])[C@H]1O[C@H]1O[C@H](CN(Cc2ccccc2)C(=O)OCc2ccccc2)CC[C@@H]1CC(=O)O. The van der Waals surface area contributed by atoms with Gasteiger partial charge in [-0.1, -0.05) is 70.9 Å². The number of aliphatic carboxylic acids is 1. The zero-order valence-corrected chi connectivity index (χ0v) is 27.6. The van der Waals surface area contributed by atoms with Gasteiger partial charge in [0.1, 0.15) is 18.8 Å². The number of esters is 2. The molecule has 0 aromatic heterocycles. The molecular formula is C33H39N7O10. The number of carboxylic acid groups (broad SMARTS) is 1. The lowest BCUT2D eigenvalue weighted by Crippen LogP contribution is -2.60. The van der Waals surface area contributed by atoms with Gasteiger partial charge in [-0.2, -0.15) is 0 Å². The number of ether oxygens (including phenoxy) is 5. The van der Waals surface area contributed by atoms with Crippen LogP contribution in [0.3, 0.4) is 0 Å². The molecule has 1 N–H and O–H groups in total. The molecule has 4 rings (SSSR count). The van der Waals surface area contributed by atoms with E-state index in [1.54, 1.807) is 0 Å². The van der Waals surface area contributed by atoms with Crippen LogP contribution in [-0.4, -0.2) is 83.3 Å². The lowest BCUT2D eigenvalue weighted by molar-refractivity contribution is -0.272. The van der Waals surface area contributed by atoms with Gasteiger partial charge < -0.3 is 33.7 Å². The van der Waals surface area contributed by atoms with Crippen molar-refractivity contribution in [3.63, 3.8) is 0 Å². The molecule has 1 aliphatic carbocycles. The Balaban J connectivity index is 1.61. The van der Waals surface area contributed by atoms with Gasteiger partial charge in [0.05, 0.1) is 31.2 Å². The van der Waals surface area contributed by atoms with Crippen LogP contribution in [0.1, 0.15) is 50.7 Å². The Morgan fingerprint density at radius 1 is 0.860 bits per heavy atom. The van der Waals surface area contributed by atoms with Crippen LogP contribution in [0.4, 0.5) is 4.79 Å². The molecule has 2 fully saturated rings. The first kappa shape index (κ1) is 37.5. The number of carbonyl (C=O) groups excluding carboxylic acids is 3. The van der Waals surface area contributed by atoms with E-state index >= 15 is 0 Å². The quantitative estimate of drug-likeness (QED) is 0.0865. The predicted octanol–water partition coefficient (Wildman–Crippen LogP) is 5.43. The first-order valence-corrected chi connectivity index (χ1v) is 16.0. The molecule has 2 aromatic carbocycles. The molecule has 266 valence electrons. The van der Waals surface area contributed by atoms with E-state index in [2.05, 4.69) is 20.1 Å². The van der Waals surface area contributed by atoms with Crippen LogP contribution in [0.25, 0.3) is 20.9 Å². The minimum absolute atomic E-state index is 0.0449. The fraction of sp³-hybridized carbons (Fsp3) is 0.515. The largest absolute Gasteiger partial charge is 0.481 e. The van der Waals surface area contributed by atoms with Gasteiger partial charge in [-0.25, -0.2) is 4.79 Å². The molecule has 0 spiro atoms. The van der Waals surface area contributed by atoms with Gasteiger partial charge in [-0.05, 0) is 41.5 Å². The first-order chi connectivity index (χ1) is 24.1. The summed E-state index contributed by atoms with van der Waals surface area (Å²) in [5.74, 6) is -3.38. The smallest absolute Gasteiger partial charge is 0.410 e. The number of carboxylic acids is 1. The summed E-state index contributed by atoms with van der Waals surface area (Å²) in [4.78, 5) is 56.9. The van der Waals surface area contributed by atoms with Crippen LogP contribution < -0.4 is 0 Å². The highest BCUT2D eigenvalue weighted by Gasteiger charge is 2.51. The summed E-state index contributed by atoms with van der Waals surface area (Å²) in [6.07, 6.45) is -6.38. The summed E-state index contributed by atoms with van der Waals surface area (Å²) in [6.45, 7) is 2.52. The lowest BCUT2D eigenvalue weighted by Gasteiger charge is -2.46. The van der Waals surface area contributed by atoms with Gasteiger partial charge in [0, 0.05) is 36.1 Å².